The Morgan fingerprint density at radius 1 is 0.971 bits per heavy atom. The SMILES string of the molecule is Cc1ccc(CN(CC(C)C)C2CC(C(=O)N3CCNCC3)N(C(=O)c3ccc(C)cc3)C2)cc1. The Balaban J connectivity index is 1.59. The number of nitrogens with one attached hydrogen (secondary N) is 1. The van der Waals surface area contributed by atoms with Gasteiger partial charge in [0.05, 0.1) is 0 Å². The zero-order valence-electron chi connectivity index (χ0n) is 21.7. The summed E-state index contributed by atoms with van der Waals surface area (Å²) in [4.78, 5) is 33.6. The van der Waals surface area contributed by atoms with Gasteiger partial charge >= 0.3 is 0 Å². The van der Waals surface area contributed by atoms with Crippen LogP contribution in [-0.2, 0) is 11.3 Å². The number of hydrogen-bond acceptors (Lipinski definition) is 4. The predicted molar refractivity (Wildman–Crippen MR) is 140 cm³/mol. The minimum atomic E-state index is -0.417. The molecule has 2 heterocycles. The molecule has 2 saturated heterocycles. The van der Waals surface area contributed by atoms with E-state index < -0.39 is 6.04 Å². The molecule has 0 bridgehead atoms. The van der Waals surface area contributed by atoms with Gasteiger partial charge in [-0.2, -0.15) is 0 Å². The smallest absolute Gasteiger partial charge is 0.254 e. The average Bonchev–Trinajstić information content (AvgIpc) is 3.30. The fraction of sp³-hybridized carbons (Fsp3) is 0.517. The van der Waals surface area contributed by atoms with Crippen LogP contribution in [-0.4, -0.2) is 77.9 Å². The van der Waals surface area contributed by atoms with E-state index in [1.807, 2.05) is 41.0 Å². The molecule has 2 aromatic rings. The number of aryl methyl sites for hydroxylation is 2. The molecule has 0 radical (unpaired) electrons. The van der Waals surface area contributed by atoms with Crippen LogP contribution in [0, 0.1) is 19.8 Å². The topological polar surface area (TPSA) is 55.9 Å². The van der Waals surface area contributed by atoms with E-state index in [4.69, 9.17) is 0 Å². The standard InChI is InChI=1S/C29H40N4O2/c1-21(2)18-32(19-24-9-5-22(3)6-10-24)26-17-27(29(35)31-15-13-30-14-16-31)33(20-26)28(34)25-11-7-23(4)8-12-25/h5-12,21,26-27,30H,13-20H2,1-4H3. The fourth-order valence-corrected chi connectivity index (χ4v) is 5.23. The summed E-state index contributed by atoms with van der Waals surface area (Å²) in [6.07, 6.45) is 0.680. The van der Waals surface area contributed by atoms with E-state index in [1.165, 1.54) is 11.1 Å². The summed E-state index contributed by atoms with van der Waals surface area (Å²) in [5.74, 6) is 0.541. The number of piperazine rings is 1. The van der Waals surface area contributed by atoms with E-state index in [1.54, 1.807) is 0 Å². The van der Waals surface area contributed by atoms with Crippen molar-refractivity contribution >= 4 is 11.8 Å². The highest BCUT2D eigenvalue weighted by molar-refractivity contribution is 5.98. The largest absolute Gasteiger partial charge is 0.338 e. The van der Waals surface area contributed by atoms with Crippen molar-refractivity contribution in [3.05, 3.63) is 70.8 Å². The van der Waals surface area contributed by atoms with Crippen LogP contribution < -0.4 is 5.32 Å². The van der Waals surface area contributed by atoms with Gasteiger partial charge in [-0.1, -0.05) is 61.4 Å². The van der Waals surface area contributed by atoms with Gasteiger partial charge in [-0.25, -0.2) is 0 Å². The zero-order chi connectivity index (χ0) is 24.9. The second kappa shape index (κ2) is 11.4. The molecule has 2 atom stereocenters. The number of benzene rings is 2. The molecule has 2 unspecified atom stereocenters. The Kier molecular flexibility index (Phi) is 8.24. The summed E-state index contributed by atoms with van der Waals surface area (Å²) >= 11 is 0. The van der Waals surface area contributed by atoms with Crippen LogP contribution in [0.25, 0.3) is 0 Å². The Morgan fingerprint density at radius 2 is 1.57 bits per heavy atom. The number of hydrogen-bond donors (Lipinski definition) is 1. The van der Waals surface area contributed by atoms with Crippen molar-refractivity contribution in [2.75, 3.05) is 39.3 Å². The molecule has 6 nitrogen and oxygen atoms in total. The quantitative estimate of drug-likeness (QED) is 0.665. The van der Waals surface area contributed by atoms with Crippen LogP contribution >= 0.6 is 0 Å². The molecule has 2 amide bonds. The Labute approximate surface area is 210 Å². The molecular weight excluding hydrogens is 436 g/mol. The van der Waals surface area contributed by atoms with Crippen LogP contribution in [0.4, 0.5) is 0 Å². The summed E-state index contributed by atoms with van der Waals surface area (Å²) < 4.78 is 0. The van der Waals surface area contributed by atoms with E-state index in [0.29, 0.717) is 37.5 Å². The first kappa shape index (κ1) is 25.4. The van der Waals surface area contributed by atoms with E-state index >= 15 is 0 Å². The van der Waals surface area contributed by atoms with Gasteiger partial charge in [0, 0.05) is 57.4 Å². The number of amides is 2. The predicted octanol–water partition coefficient (Wildman–Crippen LogP) is 3.48. The molecule has 2 aliphatic rings. The fourth-order valence-electron chi connectivity index (χ4n) is 5.23. The summed E-state index contributed by atoms with van der Waals surface area (Å²) in [6, 6.07) is 16.1. The van der Waals surface area contributed by atoms with Crippen molar-refractivity contribution in [1.82, 2.24) is 20.0 Å². The highest BCUT2D eigenvalue weighted by atomic mass is 16.2. The van der Waals surface area contributed by atoms with Crippen molar-refractivity contribution in [2.24, 2.45) is 5.92 Å². The number of rotatable bonds is 7. The van der Waals surface area contributed by atoms with Gasteiger partial charge in [0.25, 0.3) is 5.91 Å². The Hall–Kier alpha value is -2.70. The third-order valence-electron chi connectivity index (χ3n) is 7.17. The van der Waals surface area contributed by atoms with Crippen molar-refractivity contribution in [1.29, 1.82) is 0 Å². The molecular formula is C29H40N4O2. The number of nitrogens with zero attached hydrogens (tertiary/aromatic N) is 3. The first-order chi connectivity index (χ1) is 16.8. The highest BCUT2D eigenvalue weighted by Crippen LogP contribution is 2.28. The molecule has 4 rings (SSSR count). The molecule has 188 valence electrons. The second-order valence-electron chi connectivity index (χ2n) is 10.6. The van der Waals surface area contributed by atoms with Crippen molar-refractivity contribution < 1.29 is 9.59 Å². The minimum absolute atomic E-state index is 0.0409. The third-order valence-corrected chi connectivity index (χ3v) is 7.17. The number of carbonyl (C=O) groups is 2. The molecule has 35 heavy (non-hydrogen) atoms. The molecule has 0 spiro atoms. The third kappa shape index (κ3) is 6.30. The normalized spacial score (nSPS) is 20.6. The van der Waals surface area contributed by atoms with Crippen molar-refractivity contribution in [3.63, 3.8) is 0 Å². The van der Waals surface area contributed by atoms with Gasteiger partial charge < -0.3 is 15.1 Å². The molecule has 0 aliphatic carbocycles. The number of carbonyl (C=O) groups excluding carboxylic acids is 2. The van der Waals surface area contributed by atoms with E-state index in [2.05, 4.69) is 55.3 Å². The van der Waals surface area contributed by atoms with Gasteiger partial charge in [-0.3, -0.25) is 14.5 Å². The van der Waals surface area contributed by atoms with E-state index in [0.717, 1.165) is 31.7 Å². The van der Waals surface area contributed by atoms with E-state index in [-0.39, 0.29) is 17.9 Å². The number of likely N-dealkylation sites (tertiary alicyclic amines) is 1. The summed E-state index contributed by atoms with van der Waals surface area (Å²) in [7, 11) is 0. The van der Waals surface area contributed by atoms with Gasteiger partial charge in [0.15, 0.2) is 0 Å². The van der Waals surface area contributed by atoms with Crippen molar-refractivity contribution in [3.8, 4) is 0 Å². The lowest BCUT2D eigenvalue weighted by Gasteiger charge is -2.32. The maximum atomic E-state index is 13.7. The molecule has 2 fully saturated rings. The Bertz CT molecular complexity index is 996. The lowest BCUT2D eigenvalue weighted by molar-refractivity contribution is -0.135. The second-order valence-corrected chi connectivity index (χ2v) is 10.6. The van der Waals surface area contributed by atoms with Crippen molar-refractivity contribution in [2.45, 2.75) is 52.7 Å². The van der Waals surface area contributed by atoms with Crippen LogP contribution in [0.15, 0.2) is 48.5 Å². The lowest BCUT2D eigenvalue weighted by Crippen LogP contribution is -2.53. The molecule has 2 aromatic carbocycles. The first-order valence-electron chi connectivity index (χ1n) is 13.0. The molecule has 2 aliphatic heterocycles. The van der Waals surface area contributed by atoms with Crippen LogP contribution in [0.1, 0.15) is 47.3 Å². The highest BCUT2D eigenvalue weighted by Gasteiger charge is 2.43. The Morgan fingerprint density at radius 3 is 2.17 bits per heavy atom. The molecule has 1 N–H and O–H groups in total. The monoisotopic (exact) mass is 476 g/mol. The van der Waals surface area contributed by atoms with Crippen LogP contribution in [0.5, 0.6) is 0 Å². The molecule has 0 saturated carbocycles. The lowest BCUT2D eigenvalue weighted by atomic mass is 10.1. The summed E-state index contributed by atoms with van der Waals surface area (Å²) in [6.45, 7) is 13.9. The first-order valence-corrected chi connectivity index (χ1v) is 13.0. The zero-order valence-corrected chi connectivity index (χ0v) is 21.7. The van der Waals surface area contributed by atoms with Gasteiger partial charge in [0.1, 0.15) is 6.04 Å². The van der Waals surface area contributed by atoms with Gasteiger partial charge in [0.2, 0.25) is 5.91 Å². The van der Waals surface area contributed by atoms with Crippen LogP contribution in [0.2, 0.25) is 0 Å². The summed E-state index contributed by atoms with van der Waals surface area (Å²) in [5, 5.41) is 3.32. The van der Waals surface area contributed by atoms with E-state index in [9.17, 15) is 9.59 Å². The maximum absolute atomic E-state index is 13.7. The van der Waals surface area contributed by atoms with Gasteiger partial charge in [-0.15, -0.1) is 0 Å². The minimum Gasteiger partial charge on any atom is -0.338 e. The van der Waals surface area contributed by atoms with Crippen LogP contribution in [0.3, 0.4) is 0 Å². The van der Waals surface area contributed by atoms with Gasteiger partial charge in [-0.05, 0) is 43.9 Å². The molecule has 6 heteroatoms. The average molecular weight is 477 g/mol. The molecule has 0 aromatic heterocycles. The maximum Gasteiger partial charge on any atom is 0.254 e. The summed E-state index contributed by atoms with van der Waals surface area (Å²) in [5.41, 5.74) is 4.30.